The van der Waals surface area contributed by atoms with E-state index >= 15 is 0 Å². The summed E-state index contributed by atoms with van der Waals surface area (Å²) < 4.78 is 0. The van der Waals surface area contributed by atoms with Crippen LogP contribution in [-0.4, -0.2) is 40.7 Å². The van der Waals surface area contributed by atoms with Crippen molar-refractivity contribution in [2.45, 2.75) is 33.2 Å². The highest BCUT2D eigenvalue weighted by Gasteiger charge is 2.10. The van der Waals surface area contributed by atoms with Crippen LogP contribution >= 0.6 is 0 Å². The molecule has 1 atom stereocenters. The minimum Gasteiger partial charge on any atom is -0.480 e. The largest absolute Gasteiger partial charge is 0.480 e. The molecule has 0 saturated heterocycles. The summed E-state index contributed by atoms with van der Waals surface area (Å²) in [7, 11) is 1.70. The highest BCUT2D eigenvalue weighted by molar-refractivity contribution is 5.73. The average molecular weight is 252 g/mol. The summed E-state index contributed by atoms with van der Waals surface area (Å²) in [5.74, 6) is 1.07. The maximum atomic E-state index is 10.7. The number of anilines is 2. The van der Waals surface area contributed by atoms with Crippen LogP contribution in [0.3, 0.4) is 0 Å². The van der Waals surface area contributed by atoms with E-state index in [4.69, 9.17) is 5.11 Å². The number of carboxylic acids is 1. The summed E-state index contributed by atoms with van der Waals surface area (Å²) in [6, 6.07) is 2.08. The van der Waals surface area contributed by atoms with Gasteiger partial charge in [0.05, 0.1) is 0 Å². The summed E-state index contributed by atoms with van der Waals surface area (Å²) in [6.07, 6.45) is 0.989. The Kier molecular flexibility index (Phi) is 4.88. The Labute approximate surface area is 107 Å². The van der Waals surface area contributed by atoms with Crippen LogP contribution in [0.4, 0.5) is 11.6 Å². The number of carbonyl (C=O) groups is 1. The van der Waals surface area contributed by atoms with E-state index in [9.17, 15) is 4.79 Å². The molecule has 0 bridgehead atoms. The zero-order valence-electron chi connectivity index (χ0n) is 11.3. The molecule has 1 aromatic heterocycles. The molecule has 0 aliphatic carbocycles. The van der Waals surface area contributed by atoms with E-state index < -0.39 is 5.97 Å². The van der Waals surface area contributed by atoms with Crippen LogP contribution in [0.25, 0.3) is 0 Å². The highest BCUT2D eigenvalue weighted by Crippen LogP contribution is 2.15. The van der Waals surface area contributed by atoms with Gasteiger partial charge in [0.1, 0.15) is 24.0 Å². The molecule has 0 amide bonds. The van der Waals surface area contributed by atoms with Crippen LogP contribution < -0.4 is 10.2 Å². The third-order valence-electron chi connectivity index (χ3n) is 2.59. The molecular formula is C12H20N4O2. The standard InChI is InChI=1S/C12H20N4O2/c1-5-8(2)13-10-6-11(15-9(3)14-10)16(4)7-12(17)18/h6,8H,5,7H2,1-4H3,(H,17,18)(H,13,14,15). The van der Waals surface area contributed by atoms with Crippen molar-refractivity contribution in [1.29, 1.82) is 0 Å². The molecule has 0 aromatic carbocycles. The van der Waals surface area contributed by atoms with Crippen molar-refractivity contribution >= 4 is 17.6 Å². The molecule has 6 nitrogen and oxygen atoms in total. The first-order chi connectivity index (χ1) is 8.42. The molecule has 2 N–H and O–H groups in total. The fourth-order valence-corrected chi connectivity index (χ4v) is 1.46. The van der Waals surface area contributed by atoms with Crippen molar-refractivity contribution in [3.8, 4) is 0 Å². The third kappa shape index (κ3) is 4.20. The lowest BCUT2D eigenvalue weighted by molar-refractivity contribution is -0.135. The molecule has 100 valence electrons. The molecule has 0 radical (unpaired) electrons. The second-order valence-electron chi connectivity index (χ2n) is 4.36. The smallest absolute Gasteiger partial charge is 0.323 e. The Morgan fingerprint density at radius 2 is 2.22 bits per heavy atom. The molecule has 0 spiro atoms. The summed E-state index contributed by atoms with van der Waals surface area (Å²) in [4.78, 5) is 20.8. The Balaban J connectivity index is 2.89. The van der Waals surface area contributed by atoms with E-state index in [0.717, 1.165) is 12.2 Å². The van der Waals surface area contributed by atoms with Gasteiger partial charge in [0.15, 0.2) is 0 Å². The maximum absolute atomic E-state index is 10.7. The first-order valence-electron chi connectivity index (χ1n) is 5.97. The Bertz CT molecular complexity index is 423. The van der Waals surface area contributed by atoms with Crippen molar-refractivity contribution in [3.05, 3.63) is 11.9 Å². The van der Waals surface area contributed by atoms with E-state index in [-0.39, 0.29) is 6.54 Å². The number of hydrogen-bond acceptors (Lipinski definition) is 5. The molecule has 0 saturated carbocycles. The molecule has 0 aliphatic rings. The van der Waals surface area contributed by atoms with Crippen LogP contribution in [-0.2, 0) is 4.79 Å². The molecule has 6 heteroatoms. The first kappa shape index (κ1) is 14.2. The summed E-state index contributed by atoms with van der Waals surface area (Å²) >= 11 is 0. The quantitative estimate of drug-likeness (QED) is 0.799. The van der Waals surface area contributed by atoms with Gasteiger partial charge >= 0.3 is 5.97 Å². The number of hydrogen-bond donors (Lipinski definition) is 2. The number of rotatable bonds is 6. The second kappa shape index (κ2) is 6.18. The topological polar surface area (TPSA) is 78.4 Å². The lowest BCUT2D eigenvalue weighted by atomic mass is 10.2. The number of nitrogens with one attached hydrogen (secondary N) is 1. The van der Waals surface area contributed by atoms with Gasteiger partial charge in [-0.3, -0.25) is 4.79 Å². The van der Waals surface area contributed by atoms with Gasteiger partial charge in [0.2, 0.25) is 0 Å². The van der Waals surface area contributed by atoms with Gasteiger partial charge in [0, 0.05) is 19.2 Å². The van der Waals surface area contributed by atoms with Gasteiger partial charge in [0.25, 0.3) is 0 Å². The van der Waals surface area contributed by atoms with Crippen molar-refractivity contribution < 1.29 is 9.90 Å². The van der Waals surface area contributed by atoms with Crippen molar-refractivity contribution in [2.75, 3.05) is 23.8 Å². The number of aliphatic carboxylic acids is 1. The van der Waals surface area contributed by atoms with Crippen LogP contribution in [0.5, 0.6) is 0 Å². The van der Waals surface area contributed by atoms with E-state index in [1.807, 2.05) is 0 Å². The van der Waals surface area contributed by atoms with Crippen LogP contribution in [0, 0.1) is 6.92 Å². The van der Waals surface area contributed by atoms with Crippen LogP contribution in [0.1, 0.15) is 26.1 Å². The molecule has 0 fully saturated rings. The van der Waals surface area contributed by atoms with Gasteiger partial charge in [-0.25, -0.2) is 9.97 Å². The summed E-state index contributed by atoms with van der Waals surface area (Å²) in [5.41, 5.74) is 0. The van der Waals surface area contributed by atoms with Gasteiger partial charge in [-0.05, 0) is 20.3 Å². The molecule has 1 rings (SSSR count). The monoisotopic (exact) mass is 252 g/mol. The SMILES string of the molecule is CCC(C)Nc1cc(N(C)CC(=O)O)nc(C)n1. The molecule has 1 aromatic rings. The maximum Gasteiger partial charge on any atom is 0.323 e. The molecule has 18 heavy (non-hydrogen) atoms. The zero-order chi connectivity index (χ0) is 13.7. The van der Waals surface area contributed by atoms with Gasteiger partial charge in [-0.15, -0.1) is 0 Å². The number of aryl methyl sites for hydroxylation is 1. The van der Waals surface area contributed by atoms with Gasteiger partial charge in [-0.2, -0.15) is 0 Å². The molecular weight excluding hydrogens is 232 g/mol. The number of carboxylic acid groups (broad SMARTS) is 1. The zero-order valence-corrected chi connectivity index (χ0v) is 11.3. The van der Waals surface area contributed by atoms with Crippen molar-refractivity contribution in [1.82, 2.24) is 9.97 Å². The highest BCUT2D eigenvalue weighted by atomic mass is 16.4. The average Bonchev–Trinajstić information content (AvgIpc) is 2.27. The fourth-order valence-electron chi connectivity index (χ4n) is 1.46. The van der Waals surface area contributed by atoms with Crippen LogP contribution in [0.2, 0.25) is 0 Å². The Morgan fingerprint density at radius 3 is 2.78 bits per heavy atom. The van der Waals surface area contributed by atoms with Crippen LogP contribution in [0.15, 0.2) is 6.07 Å². The predicted molar refractivity (Wildman–Crippen MR) is 71.1 cm³/mol. The van der Waals surface area contributed by atoms with Crippen molar-refractivity contribution in [3.63, 3.8) is 0 Å². The minimum absolute atomic E-state index is 0.0841. The number of likely N-dealkylation sites (N-methyl/N-ethyl adjacent to an activating group) is 1. The molecule has 0 aliphatic heterocycles. The lowest BCUT2D eigenvalue weighted by Gasteiger charge is -2.18. The lowest BCUT2D eigenvalue weighted by Crippen LogP contribution is -2.26. The molecule has 1 heterocycles. The normalized spacial score (nSPS) is 12.0. The Morgan fingerprint density at radius 1 is 1.56 bits per heavy atom. The molecule has 1 unspecified atom stereocenters. The minimum atomic E-state index is -0.884. The third-order valence-corrected chi connectivity index (χ3v) is 2.59. The van der Waals surface area contributed by atoms with Gasteiger partial charge < -0.3 is 15.3 Å². The second-order valence-corrected chi connectivity index (χ2v) is 4.36. The Hall–Kier alpha value is -1.85. The summed E-state index contributed by atoms with van der Waals surface area (Å²) in [6.45, 7) is 5.86. The fraction of sp³-hybridized carbons (Fsp3) is 0.583. The van der Waals surface area contributed by atoms with E-state index in [0.29, 0.717) is 17.7 Å². The van der Waals surface area contributed by atoms with E-state index in [1.54, 1.807) is 24.9 Å². The van der Waals surface area contributed by atoms with Crippen molar-refractivity contribution in [2.24, 2.45) is 0 Å². The number of aromatic nitrogens is 2. The predicted octanol–water partition coefficient (Wildman–Crippen LogP) is 1.52. The number of nitrogens with zero attached hydrogens (tertiary/aromatic N) is 3. The van der Waals surface area contributed by atoms with E-state index in [1.165, 1.54) is 0 Å². The van der Waals surface area contributed by atoms with Gasteiger partial charge in [-0.1, -0.05) is 6.92 Å². The van der Waals surface area contributed by atoms with E-state index in [2.05, 4.69) is 29.1 Å². The first-order valence-corrected chi connectivity index (χ1v) is 5.97. The summed E-state index contributed by atoms with van der Waals surface area (Å²) in [5, 5.41) is 12.0.